The van der Waals surface area contributed by atoms with Gasteiger partial charge in [-0.15, -0.1) is 0 Å². The van der Waals surface area contributed by atoms with Crippen molar-refractivity contribution in [3.8, 4) is 5.75 Å². The summed E-state index contributed by atoms with van der Waals surface area (Å²) < 4.78 is 5.24. The summed E-state index contributed by atoms with van der Waals surface area (Å²) in [4.78, 5) is 22.4. The van der Waals surface area contributed by atoms with E-state index in [2.05, 4.69) is 0 Å². The van der Waals surface area contributed by atoms with Crippen molar-refractivity contribution < 1.29 is 14.5 Å². The van der Waals surface area contributed by atoms with Crippen molar-refractivity contribution in [3.05, 3.63) is 68.2 Å². The maximum Gasteiger partial charge on any atom is 0.343 e. The van der Waals surface area contributed by atoms with Crippen LogP contribution in [0.2, 0.25) is 5.02 Å². The smallest absolute Gasteiger partial charge is 0.343 e. The average Bonchev–Trinajstić information content (AvgIpc) is 2.42. The van der Waals surface area contributed by atoms with Gasteiger partial charge in [-0.1, -0.05) is 17.7 Å². The lowest BCUT2D eigenvalue weighted by molar-refractivity contribution is -0.385. The lowest BCUT2D eigenvalue weighted by atomic mass is 10.1. The predicted octanol–water partition coefficient (Wildman–Crippen LogP) is 4.08. The lowest BCUT2D eigenvalue weighted by Crippen LogP contribution is -2.10. The quantitative estimate of drug-likeness (QED) is 0.371. The number of nitro groups is 1. The fourth-order valence-corrected chi connectivity index (χ4v) is 2.05. The van der Waals surface area contributed by atoms with Crippen LogP contribution in [0.15, 0.2) is 36.4 Å². The van der Waals surface area contributed by atoms with Crippen LogP contribution < -0.4 is 4.74 Å². The Bertz CT molecular complexity index is 728. The number of carbonyl (C=O) groups is 1. The predicted molar refractivity (Wildman–Crippen MR) is 79.0 cm³/mol. The van der Waals surface area contributed by atoms with Gasteiger partial charge in [0.15, 0.2) is 0 Å². The molecule has 0 bridgehead atoms. The number of esters is 1. The number of hydrogen-bond donors (Lipinski definition) is 0. The van der Waals surface area contributed by atoms with Gasteiger partial charge in [-0.25, -0.2) is 4.79 Å². The molecule has 2 aromatic carbocycles. The van der Waals surface area contributed by atoms with E-state index in [1.165, 1.54) is 18.2 Å². The summed E-state index contributed by atoms with van der Waals surface area (Å²) >= 11 is 5.83. The molecule has 2 rings (SSSR count). The topological polar surface area (TPSA) is 69.4 Å². The number of nitrogens with zero attached hydrogens (tertiary/aromatic N) is 1. The van der Waals surface area contributed by atoms with E-state index in [0.29, 0.717) is 21.9 Å². The molecule has 0 radical (unpaired) electrons. The van der Waals surface area contributed by atoms with E-state index in [-0.39, 0.29) is 11.3 Å². The molecular formula is C15H12ClNO4. The molecular weight excluding hydrogens is 294 g/mol. The van der Waals surface area contributed by atoms with E-state index in [4.69, 9.17) is 16.3 Å². The van der Waals surface area contributed by atoms with Crippen molar-refractivity contribution in [1.82, 2.24) is 0 Å². The highest BCUT2D eigenvalue weighted by molar-refractivity contribution is 6.30. The molecule has 0 unspecified atom stereocenters. The van der Waals surface area contributed by atoms with Gasteiger partial charge in [0.2, 0.25) is 0 Å². The molecule has 0 heterocycles. The van der Waals surface area contributed by atoms with Crippen molar-refractivity contribution in [1.29, 1.82) is 0 Å². The van der Waals surface area contributed by atoms with Crippen LogP contribution in [0.5, 0.6) is 5.75 Å². The Morgan fingerprint density at radius 1 is 1.14 bits per heavy atom. The second-order valence-electron chi connectivity index (χ2n) is 4.56. The Labute approximate surface area is 126 Å². The van der Waals surface area contributed by atoms with Crippen molar-refractivity contribution in [2.24, 2.45) is 0 Å². The third-order valence-electron chi connectivity index (χ3n) is 2.98. The van der Waals surface area contributed by atoms with Gasteiger partial charge >= 0.3 is 5.97 Å². The van der Waals surface area contributed by atoms with Crippen LogP contribution in [-0.4, -0.2) is 10.9 Å². The van der Waals surface area contributed by atoms with Crippen molar-refractivity contribution in [3.63, 3.8) is 0 Å². The van der Waals surface area contributed by atoms with E-state index < -0.39 is 10.9 Å². The molecule has 21 heavy (non-hydrogen) atoms. The number of carbonyl (C=O) groups excluding carboxylic acids is 1. The first kappa shape index (κ1) is 15.0. The zero-order valence-corrected chi connectivity index (χ0v) is 12.2. The summed E-state index contributed by atoms with van der Waals surface area (Å²) in [7, 11) is 0. The van der Waals surface area contributed by atoms with E-state index >= 15 is 0 Å². The summed E-state index contributed by atoms with van der Waals surface area (Å²) in [6.45, 7) is 3.36. The van der Waals surface area contributed by atoms with Crippen LogP contribution in [0.1, 0.15) is 21.5 Å². The van der Waals surface area contributed by atoms with E-state index in [1.807, 2.05) is 0 Å². The first-order valence-corrected chi connectivity index (χ1v) is 6.49. The minimum atomic E-state index is -0.650. The minimum absolute atomic E-state index is 0.114. The molecule has 0 fully saturated rings. The Kier molecular flexibility index (Phi) is 4.23. The minimum Gasteiger partial charge on any atom is -0.423 e. The number of rotatable bonds is 3. The number of nitro benzene ring substituents is 1. The molecule has 0 aliphatic rings. The Morgan fingerprint density at radius 3 is 2.48 bits per heavy atom. The highest BCUT2D eigenvalue weighted by Crippen LogP contribution is 2.24. The average molecular weight is 306 g/mol. The molecule has 0 aromatic heterocycles. The summed E-state index contributed by atoms with van der Waals surface area (Å²) in [6.07, 6.45) is 0. The Hall–Kier alpha value is -2.40. The maximum atomic E-state index is 12.1. The van der Waals surface area contributed by atoms with Gasteiger partial charge in [0.25, 0.3) is 5.69 Å². The molecule has 0 N–H and O–H groups in total. The molecule has 0 aliphatic carbocycles. The van der Waals surface area contributed by atoms with Gasteiger partial charge in [-0.2, -0.15) is 0 Å². The molecule has 0 aliphatic heterocycles. The second kappa shape index (κ2) is 5.93. The highest BCUT2D eigenvalue weighted by atomic mass is 35.5. The summed E-state index contributed by atoms with van der Waals surface area (Å²) in [6, 6.07) is 9.08. The number of hydrogen-bond acceptors (Lipinski definition) is 4. The molecule has 5 nitrogen and oxygen atoms in total. The largest absolute Gasteiger partial charge is 0.423 e. The molecule has 108 valence electrons. The zero-order valence-electron chi connectivity index (χ0n) is 11.4. The second-order valence-corrected chi connectivity index (χ2v) is 4.99. The summed E-state index contributed by atoms with van der Waals surface area (Å²) in [5.41, 5.74) is 1.20. The monoisotopic (exact) mass is 305 g/mol. The van der Waals surface area contributed by atoms with Crippen molar-refractivity contribution >= 4 is 23.3 Å². The fourth-order valence-electron chi connectivity index (χ4n) is 1.82. The maximum absolute atomic E-state index is 12.1. The van der Waals surface area contributed by atoms with Gasteiger partial charge in [-0.05, 0) is 43.7 Å². The molecule has 2 aromatic rings. The molecule has 0 amide bonds. The van der Waals surface area contributed by atoms with E-state index in [9.17, 15) is 14.9 Å². The van der Waals surface area contributed by atoms with Crippen LogP contribution in [0, 0.1) is 24.0 Å². The molecule has 0 atom stereocenters. The lowest BCUT2D eigenvalue weighted by Gasteiger charge is -2.08. The number of halogens is 1. The van der Waals surface area contributed by atoms with Crippen molar-refractivity contribution in [2.45, 2.75) is 13.8 Å². The molecule has 0 saturated carbocycles. The summed E-state index contributed by atoms with van der Waals surface area (Å²) in [5, 5.41) is 11.4. The molecule has 0 spiro atoms. The zero-order chi connectivity index (χ0) is 15.6. The Balaban J connectivity index is 2.28. The third-order valence-corrected chi connectivity index (χ3v) is 3.22. The Morgan fingerprint density at radius 2 is 1.86 bits per heavy atom. The van der Waals surface area contributed by atoms with Crippen LogP contribution in [-0.2, 0) is 0 Å². The molecule has 6 heteroatoms. The highest BCUT2D eigenvalue weighted by Gasteiger charge is 2.17. The van der Waals surface area contributed by atoms with Crippen LogP contribution in [0.4, 0.5) is 5.69 Å². The third kappa shape index (κ3) is 3.38. The van der Waals surface area contributed by atoms with Crippen LogP contribution in [0.3, 0.4) is 0 Å². The van der Waals surface area contributed by atoms with Gasteiger partial charge in [0.05, 0.1) is 10.5 Å². The SMILES string of the molecule is Cc1cc(Cl)ccc1OC(=O)c1ccc(C)c([N+](=O)[O-])c1. The normalized spacial score (nSPS) is 10.2. The van der Waals surface area contributed by atoms with E-state index in [1.54, 1.807) is 32.0 Å². The van der Waals surface area contributed by atoms with Gasteiger partial charge in [0, 0.05) is 16.7 Å². The van der Waals surface area contributed by atoms with Gasteiger partial charge in [-0.3, -0.25) is 10.1 Å². The van der Waals surface area contributed by atoms with E-state index in [0.717, 1.165) is 0 Å². The summed E-state index contributed by atoms with van der Waals surface area (Å²) in [5.74, 6) is -0.281. The number of aryl methyl sites for hydroxylation is 2. The number of benzene rings is 2. The van der Waals surface area contributed by atoms with Gasteiger partial charge < -0.3 is 4.74 Å². The first-order valence-electron chi connectivity index (χ1n) is 6.12. The molecule has 0 saturated heterocycles. The fraction of sp³-hybridized carbons (Fsp3) is 0.133. The van der Waals surface area contributed by atoms with Gasteiger partial charge in [0.1, 0.15) is 5.75 Å². The van der Waals surface area contributed by atoms with Crippen molar-refractivity contribution in [2.75, 3.05) is 0 Å². The number of ether oxygens (including phenoxy) is 1. The standard InChI is InChI=1S/C15H12ClNO4/c1-9-3-4-11(8-13(9)17(19)20)15(18)21-14-6-5-12(16)7-10(14)2/h3-8H,1-2H3. The first-order chi connectivity index (χ1) is 9.88. The van der Waals surface area contributed by atoms with Crippen LogP contribution >= 0.6 is 11.6 Å². The van der Waals surface area contributed by atoms with Crippen LogP contribution in [0.25, 0.3) is 0 Å².